The second kappa shape index (κ2) is 5.00. The third kappa shape index (κ3) is 2.21. The summed E-state index contributed by atoms with van der Waals surface area (Å²) in [5, 5.41) is 4.37. The number of hydrogen-bond acceptors (Lipinski definition) is 3. The van der Waals surface area contributed by atoms with E-state index in [-0.39, 0.29) is 11.9 Å². The normalized spacial score (nSPS) is 17.8. The standard InChI is InChI=1S/C13H22N4O/c1-9-12(14)10(2)17(15-9)11(3)13(18)16-7-5-4-6-8-16/h11H,4-8,14H2,1-3H3. The first-order valence-electron chi connectivity index (χ1n) is 6.62. The van der Waals surface area contributed by atoms with Gasteiger partial charge in [-0.1, -0.05) is 0 Å². The molecule has 0 radical (unpaired) electrons. The Kier molecular flexibility index (Phi) is 3.59. The van der Waals surface area contributed by atoms with E-state index in [2.05, 4.69) is 5.10 Å². The molecule has 1 fully saturated rings. The third-order valence-corrected chi connectivity index (χ3v) is 3.77. The SMILES string of the molecule is Cc1nn(C(C)C(=O)N2CCCCC2)c(C)c1N. The Hall–Kier alpha value is -1.52. The topological polar surface area (TPSA) is 64.2 Å². The molecule has 1 saturated heterocycles. The highest BCUT2D eigenvalue weighted by molar-refractivity contribution is 5.80. The second-order valence-corrected chi connectivity index (χ2v) is 5.09. The van der Waals surface area contributed by atoms with Crippen LogP contribution in [0.4, 0.5) is 5.69 Å². The predicted octanol–water partition coefficient (Wildman–Crippen LogP) is 1.66. The van der Waals surface area contributed by atoms with Crippen molar-refractivity contribution in [2.45, 2.75) is 46.1 Å². The Morgan fingerprint density at radius 3 is 2.39 bits per heavy atom. The molecule has 0 aliphatic carbocycles. The van der Waals surface area contributed by atoms with E-state index in [0.717, 1.165) is 37.3 Å². The molecule has 0 bridgehead atoms. The lowest BCUT2D eigenvalue weighted by molar-refractivity contribution is -0.135. The van der Waals surface area contributed by atoms with Gasteiger partial charge in [-0.3, -0.25) is 9.48 Å². The third-order valence-electron chi connectivity index (χ3n) is 3.77. The van der Waals surface area contributed by atoms with Crippen LogP contribution in [-0.4, -0.2) is 33.7 Å². The van der Waals surface area contributed by atoms with Gasteiger partial charge in [0.1, 0.15) is 6.04 Å². The Morgan fingerprint density at radius 1 is 1.28 bits per heavy atom. The molecule has 2 N–H and O–H groups in total. The van der Waals surface area contributed by atoms with Crippen LogP contribution in [0.5, 0.6) is 0 Å². The number of aryl methyl sites for hydroxylation is 1. The first kappa shape index (κ1) is 12.9. The number of rotatable bonds is 2. The van der Waals surface area contributed by atoms with Gasteiger partial charge in [0, 0.05) is 13.1 Å². The van der Waals surface area contributed by atoms with Crippen LogP contribution in [0, 0.1) is 13.8 Å². The van der Waals surface area contributed by atoms with Gasteiger partial charge in [-0.25, -0.2) is 0 Å². The van der Waals surface area contributed by atoms with Crippen molar-refractivity contribution in [3.63, 3.8) is 0 Å². The number of likely N-dealkylation sites (tertiary alicyclic amines) is 1. The van der Waals surface area contributed by atoms with Crippen LogP contribution >= 0.6 is 0 Å². The van der Waals surface area contributed by atoms with Crippen LogP contribution in [0.25, 0.3) is 0 Å². The fourth-order valence-electron chi connectivity index (χ4n) is 2.54. The summed E-state index contributed by atoms with van der Waals surface area (Å²) in [7, 11) is 0. The van der Waals surface area contributed by atoms with E-state index in [4.69, 9.17) is 5.73 Å². The minimum Gasteiger partial charge on any atom is -0.396 e. The van der Waals surface area contributed by atoms with E-state index in [1.165, 1.54) is 6.42 Å². The summed E-state index contributed by atoms with van der Waals surface area (Å²) < 4.78 is 1.75. The van der Waals surface area contributed by atoms with Crippen LogP contribution in [0.15, 0.2) is 0 Å². The molecule has 18 heavy (non-hydrogen) atoms. The van der Waals surface area contributed by atoms with Crippen LogP contribution < -0.4 is 5.73 Å². The number of piperidine rings is 1. The molecule has 0 aromatic carbocycles. The molecule has 0 spiro atoms. The van der Waals surface area contributed by atoms with Crippen LogP contribution in [0.1, 0.15) is 43.6 Å². The average Bonchev–Trinajstić information content (AvgIpc) is 2.66. The van der Waals surface area contributed by atoms with Gasteiger partial charge in [-0.05, 0) is 40.0 Å². The van der Waals surface area contributed by atoms with Gasteiger partial charge in [-0.15, -0.1) is 0 Å². The lowest BCUT2D eigenvalue weighted by atomic mass is 10.1. The first-order chi connectivity index (χ1) is 8.52. The maximum atomic E-state index is 12.4. The number of nitrogens with two attached hydrogens (primary N) is 1. The van der Waals surface area contributed by atoms with Gasteiger partial charge >= 0.3 is 0 Å². The molecule has 1 aromatic heterocycles. The van der Waals surface area contributed by atoms with E-state index in [0.29, 0.717) is 5.69 Å². The van der Waals surface area contributed by atoms with Crippen molar-refractivity contribution in [3.05, 3.63) is 11.4 Å². The molecule has 2 heterocycles. The second-order valence-electron chi connectivity index (χ2n) is 5.09. The summed E-state index contributed by atoms with van der Waals surface area (Å²) >= 11 is 0. The average molecular weight is 250 g/mol. The van der Waals surface area contributed by atoms with E-state index in [9.17, 15) is 4.79 Å². The highest BCUT2D eigenvalue weighted by Gasteiger charge is 2.25. The van der Waals surface area contributed by atoms with E-state index >= 15 is 0 Å². The fraction of sp³-hybridized carbons (Fsp3) is 0.692. The summed E-state index contributed by atoms with van der Waals surface area (Å²) in [6.45, 7) is 7.43. The van der Waals surface area contributed by atoms with Crippen molar-refractivity contribution in [2.24, 2.45) is 0 Å². The summed E-state index contributed by atoms with van der Waals surface area (Å²) in [6.07, 6.45) is 3.44. The molecule has 1 aliphatic rings. The highest BCUT2D eigenvalue weighted by Crippen LogP contribution is 2.21. The molecule has 1 aliphatic heterocycles. The molecule has 1 aromatic rings. The van der Waals surface area contributed by atoms with Crippen LogP contribution in [0.3, 0.4) is 0 Å². The molecular weight excluding hydrogens is 228 g/mol. The molecule has 100 valence electrons. The molecule has 2 rings (SSSR count). The van der Waals surface area contributed by atoms with Crippen molar-refractivity contribution >= 4 is 11.6 Å². The summed E-state index contributed by atoms with van der Waals surface area (Å²) in [5.41, 5.74) is 8.28. The number of carbonyl (C=O) groups is 1. The lowest BCUT2D eigenvalue weighted by Gasteiger charge is -2.29. The van der Waals surface area contributed by atoms with E-state index in [1.807, 2.05) is 25.7 Å². The van der Waals surface area contributed by atoms with Gasteiger partial charge in [0.25, 0.3) is 0 Å². The van der Waals surface area contributed by atoms with Gasteiger partial charge in [0.15, 0.2) is 0 Å². The van der Waals surface area contributed by atoms with Gasteiger partial charge in [0.05, 0.1) is 17.1 Å². The van der Waals surface area contributed by atoms with Gasteiger partial charge < -0.3 is 10.6 Å². The van der Waals surface area contributed by atoms with Crippen molar-refractivity contribution in [2.75, 3.05) is 18.8 Å². The Labute approximate surface area is 108 Å². The molecule has 0 saturated carbocycles. The van der Waals surface area contributed by atoms with E-state index in [1.54, 1.807) is 4.68 Å². The predicted molar refractivity (Wildman–Crippen MR) is 71.3 cm³/mol. The molecule has 1 atom stereocenters. The Bertz CT molecular complexity index is 446. The number of hydrogen-bond donors (Lipinski definition) is 1. The quantitative estimate of drug-likeness (QED) is 0.868. The van der Waals surface area contributed by atoms with Gasteiger partial charge in [0.2, 0.25) is 5.91 Å². The van der Waals surface area contributed by atoms with Crippen LogP contribution in [-0.2, 0) is 4.79 Å². The maximum Gasteiger partial charge on any atom is 0.247 e. The molecule has 1 unspecified atom stereocenters. The zero-order valence-corrected chi connectivity index (χ0v) is 11.4. The molecule has 5 heteroatoms. The Morgan fingerprint density at radius 2 is 1.89 bits per heavy atom. The zero-order chi connectivity index (χ0) is 13.3. The van der Waals surface area contributed by atoms with Crippen molar-refractivity contribution < 1.29 is 4.79 Å². The summed E-state index contributed by atoms with van der Waals surface area (Å²) in [4.78, 5) is 14.3. The van der Waals surface area contributed by atoms with Crippen molar-refractivity contribution in [1.82, 2.24) is 14.7 Å². The number of amides is 1. The summed E-state index contributed by atoms with van der Waals surface area (Å²) in [5.74, 6) is 0.153. The first-order valence-corrected chi connectivity index (χ1v) is 6.62. The molecule has 1 amide bonds. The Balaban J connectivity index is 2.17. The monoisotopic (exact) mass is 250 g/mol. The minimum atomic E-state index is -0.265. The number of anilines is 1. The minimum absolute atomic E-state index is 0.153. The summed E-state index contributed by atoms with van der Waals surface area (Å²) in [6, 6.07) is -0.265. The number of nitrogens with zero attached hydrogens (tertiary/aromatic N) is 3. The lowest BCUT2D eigenvalue weighted by Crippen LogP contribution is -2.40. The maximum absolute atomic E-state index is 12.4. The molecule has 5 nitrogen and oxygen atoms in total. The van der Waals surface area contributed by atoms with E-state index < -0.39 is 0 Å². The van der Waals surface area contributed by atoms with Crippen molar-refractivity contribution in [1.29, 1.82) is 0 Å². The smallest absolute Gasteiger partial charge is 0.247 e. The molecular formula is C13H22N4O. The largest absolute Gasteiger partial charge is 0.396 e. The number of nitrogen functional groups attached to an aromatic ring is 1. The zero-order valence-electron chi connectivity index (χ0n) is 11.4. The van der Waals surface area contributed by atoms with Crippen molar-refractivity contribution in [3.8, 4) is 0 Å². The number of carbonyl (C=O) groups excluding carboxylic acids is 1. The highest BCUT2D eigenvalue weighted by atomic mass is 16.2. The van der Waals surface area contributed by atoms with Crippen LogP contribution in [0.2, 0.25) is 0 Å². The fourth-order valence-corrected chi connectivity index (χ4v) is 2.54. The number of aromatic nitrogens is 2. The van der Waals surface area contributed by atoms with Gasteiger partial charge in [-0.2, -0.15) is 5.10 Å².